The molecule has 2 amide bonds. The van der Waals surface area contributed by atoms with Gasteiger partial charge in [0.15, 0.2) is 5.82 Å². The molecule has 1 atom stereocenters. The van der Waals surface area contributed by atoms with Gasteiger partial charge in [0, 0.05) is 25.7 Å². The molecule has 2 aromatic rings. The normalized spacial score (nSPS) is 15.6. The van der Waals surface area contributed by atoms with Crippen LogP contribution < -0.4 is 15.4 Å². The van der Waals surface area contributed by atoms with Crippen LogP contribution in [-0.4, -0.2) is 61.8 Å². The summed E-state index contributed by atoms with van der Waals surface area (Å²) in [6, 6.07) is 9.14. The van der Waals surface area contributed by atoms with Gasteiger partial charge in [-0.1, -0.05) is 17.3 Å². The number of hydrogen-bond donors (Lipinski definition) is 2. The first kappa shape index (κ1) is 19.8. The van der Waals surface area contributed by atoms with Crippen LogP contribution in [0.3, 0.4) is 0 Å². The molecule has 1 aromatic heterocycles. The van der Waals surface area contributed by atoms with Gasteiger partial charge in [0.1, 0.15) is 11.5 Å². The molecule has 0 spiro atoms. The highest BCUT2D eigenvalue weighted by Crippen LogP contribution is 2.23. The predicted molar refractivity (Wildman–Crippen MR) is 101 cm³/mol. The number of aryl methyl sites for hydroxylation is 1. The molecule has 0 bridgehead atoms. The van der Waals surface area contributed by atoms with Crippen LogP contribution in [0.25, 0.3) is 0 Å². The Labute approximate surface area is 163 Å². The standard InChI is InChI=1S/C19H24N4O5/c1-13-11-17(22-28-13)21-19(25)18(24)20-12-16(23-7-9-27-10-8-23)14-3-5-15(26-2)6-4-14/h3-6,11,16H,7-10,12H2,1-2H3,(H,20,24)(H,21,22,25)/t16-/m0/s1. The molecule has 9 heteroatoms. The molecule has 9 nitrogen and oxygen atoms in total. The first-order chi connectivity index (χ1) is 13.6. The van der Waals surface area contributed by atoms with Crippen LogP contribution in [-0.2, 0) is 14.3 Å². The smallest absolute Gasteiger partial charge is 0.314 e. The fourth-order valence-corrected chi connectivity index (χ4v) is 3.04. The number of methoxy groups -OCH3 is 1. The van der Waals surface area contributed by atoms with Gasteiger partial charge < -0.3 is 19.3 Å². The third-order valence-electron chi connectivity index (χ3n) is 4.52. The lowest BCUT2D eigenvalue weighted by molar-refractivity contribution is -0.136. The summed E-state index contributed by atoms with van der Waals surface area (Å²) in [5.41, 5.74) is 1.02. The Morgan fingerprint density at radius 3 is 2.54 bits per heavy atom. The van der Waals surface area contributed by atoms with Gasteiger partial charge in [-0.25, -0.2) is 0 Å². The van der Waals surface area contributed by atoms with E-state index in [9.17, 15) is 9.59 Å². The molecule has 1 aliphatic rings. The molecular weight excluding hydrogens is 364 g/mol. The summed E-state index contributed by atoms with van der Waals surface area (Å²) in [7, 11) is 1.61. The van der Waals surface area contributed by atoms with Gasteiger partial charge in [-0.3, -0.25) is 19.8 Å². The number of hydrogen-bond acceptors (Lipinski definition) is 7. The van der Waals surface area contributed by atoms with E-state index in [1.54, 1.807) is 20.1 Å². The van der Waals surface area contributed by atoms with Crippen LogP contribution in [0.15, 0.2) is 34.9 Å². The highest BCUT2D eigenvalue weighted by atomic mass is 16.5. The van der Waals surface area contributed by atoms with Crippen LogP contribution in [0.5, 0.6) is 5.75 Å². The number of morpholine rings is 1. The van der Waals surface area contributed by atoms with Crippen molar-refractivity contribution >= 4 is 17.6 Å². The van der Waals surface area contributed by atoms with E-state index in [4.69, 9.17) is 14.0 Å². The summed E-state index contributed by atoms with van der Waals surface area (Å²) >= 11 is 0. The van der Waals surface area contributed by atoms with Crippen LogP contribution in [0.2, 0.25) is 0 Å². The topological polar surface area (TPSA) is 106 Å². The highest BCUT2D eigenvalue weighted by Gasteiger charge is 2.25. The van der Waals surface area contributed by atoms with E-state index >= 15 is 0 Å². The SMILES string of the molecule is COc1ccc([C@H](CNC(=O)C(=O)Nc2cc(C)on2)N2CCOCC2)cc1. The summed E-state index contributed by atoms with van der Waals surface area (Å²) in [6.07, 6.45) is 0. The van der Waals surface area contributed by atoms with E-state index in [0.29, 0.717) is 19.0 Å². The van der Waals surface area contributed by atoms with Crippen molar-refractivity contribution in [2.45, 2.75) is 13.0 Å². The van der Waals surface area contributed by atoms with Gasteiger partial charge >= 0.3 is 11.8 Å². The number of benzene rings is 1. The average molecular weight is 388 g/mol. The molecule has 0 radical (unpaired) electrons. The maximum Gasteiger partial charge on any atom is 0.314 e. The summed E-state index contributed by atoms with van der Waals surface area (Å²) in [5.74, 6) is -0.00731. The Morgan fingerprint density at radius 1 is 1.21 bits per heavy atom. The monoisotopic (exact) mass is 388 g/mol. The molecule has 150 valence electrons. The zero-order valence-electron chi connectivity index (χ0n) is 15.9. The highest BCUT2D eigenvalue weighted by molar-refractivity contribution is 6.39. The lowest BCUT2D eigenvalue weighted by atomic mass is 10.0. The molecule has 1 aliphatic heterocycles. The Kier molecular flexibility index (Phi) is 6.62. The van der Waals surface area contributed by atoms with Crippen molar-refractivity contribution in [2.24, 2.45) is 0 Å². The summed E-state index contributed by atoms with van der Waals surface area (Å²) < 4.78 is 15.5. The first-order valence-electron chi connectivity index (χ1n) is 9.05. The molecule has 3 rings (SSSR count). The number of anilines is 1. The number of ether oxygens (including phenoxy) is 2. The van der Waals surface area contributed by atoms with Crippen molar-refractivity contribution in [3.63, 3.8) is 0 Å². The average Bonchev–Trinajstić information content (AvgIpc) is 3.13. The molecule has 1 saturated heterocycles. The molecule has 2 heterocycles. The molecule has 1 aromatic carbocycles. The fraction of sp³-hybridized carbons (Fsp3) is 0.421. The van der Waals surface area contributed by atoms with Crippen molar-refractivity contribution in [1.29, 1.82) is 0 Å². The van der Waals surface area contributed by atoms with Gasteiger partial charge in [0.25, 0.3) is 0 Å². The largest absolute Gasteiger partial charge is 0.497 e. The third-order valence-corrected chi connectivity index (χ3v) is 4.52. The lowest BCUT2D eigenvalue weighted by Crippen LogP contribution is -2.45. The van der Waals surface area contributed by atoms with Gasteiger partial charge in [-0.15, -0.1) is 0 Å². The van der Waals surface area contributed by atoms with Crippen LogP contribution in [0.1, 0.15) is 17.4 Å². The number of amides is 2. The van der Waals surface area contributed by atoms with E-state index < -0.39 is 11.8 Å². The van der Waals surface area contributed by atoms with Crippen molar-refractivity contribution in [3.05, 3.63) is 41.7 Å². The molecule has 1 fully saturated rings. The summed E-state index contributed by atoms with van der Waals surface area (Å²) in [4.78, 5) is 26.5. The second-order valence-corrected chi connectivity index (χ2v) is 6.42. The minimum Gasteiger partial charge on any atom is -0.497 e. The molecular formula is C19H24N4O5. The number of carbonyl (C=O) groups is 2. The zero-order chi connectivity index (χ0) is 19.9. The minimum atomic E-state index is -0.788. The molecule has 0 saturated carbocycles. The number of rotatable bonds is 6. The van der Waals surface area contributed by atoms with E-state index in [0.717, 1.165) is 24.4 Å². The van der Waals surface area contributed by atoms with Crippen LogP contribution in [0, 0.1) is 6.92 Å². The van der Waals surface area contributed by atoms with Gasteiger partial charge in [-0.05, 0) is 24.6 Å². The van der Waals surface area contributed by atoms with Crippen LogP contribution in [0.4, 0.5) is 5.82 Å². The van der Waals surface area contributed by atoms with Gasteiger partial charge in [0.05, 0.1) is 26.4 Å². The first-order valence-corrected chi connectivity index (χ1v) is 9.05. The molecule has 0 unspecified atom stereocenters. The number of aromatic nitrogens is 1. The number of nitrogens with zero attached hydrogens (tertiary/aromatic N) is 2. The molecule has 28 heavy (non-hydrogen) atoms. The summed E-state index contributed by atoms with van der Waals surface area (Å²) in [5, 5.41) is 8.78. The van der Waals surface area contributed by atoms with E-state index in [-0.39, 0.29) is 18.4 Å². The van der Waals surface area contributed by atoms with Crippen molar-refractivity contribution in [3.8, 4) is 5.75 Å². The minimum absolute atomic E-state index is 0.0825. The Balaban J connectivity index is 1.64. The molecule has 2 N–H and O–H groups in total. The van der Waals surface area contributed by atoms with Crippen molar-refractivity contribution < 1.29 is 23.6 Å². The zero-order valence-corrected chi connectivity index (χ0v) is 15.9. The van der Waals surface area contributed by atoms with E-state index in [1.165, 1.54) is 0 Å². The van der Waals surface area contributed by atoms with E-state index in [2.05, 4.69) is 20.7 Å². The Bertz CT molecular complexity index is 799. The number of carbonyl (C=O) groups excluding carboxylic acids is 2. The second-order valence-electron chi connectivity index (χ2n) is 6.42. The fourth-order valence-electron chi connectivity index (χ4n) is 3.04. The number of nitrogens with one attached hydrogen (secondary N) is 2. The maximum absolute atomic E-state index is 12.2. The van der Waals surface area contributed by atoms with E-state index in [1.807, 2.05) is 24.3 Å². The van der Waals surface area contributed by atoms with Gasteiger partial charge in [0.2, 0.25) is 0 Å². The van der Waals surface area contributed by atoms with Crippen LogP contribution >= 0.6 is 0 Å². The molecule has 0 aliphatic carbocycles. The quantitative estimate of drug-likeness (QED) is 0.714. The third kappa shape index (κ3) is 5.08. The lowest BCUT2D eigenvalue weighted by Gasteiger charge is -2.34. The second kappa shape index (κ2) is 9.34. The van der Waals surface area contributed by atoms with Crippen molar-refractivity contribution in [2.75, 3.05) is 45.3 Å². The Morgan fingerprint density at radius 2 is 1.93 bits per heavy atom. The predicted octanol–water partition coefficient (Wildman–Crippen LogP) is 1.12. The Hall–Kier alpha value is -2.91. The summed E-state index contributed by atoms with van der Waals surface area (Å²) in [6.45, 7) is 4.74. The maximum atomic E-state index is 12.2. The van der Waals surface area contributed by atoms with Gasteiger partial charge in [-0.2, -0.15) is 0 Å². The van der Waals surface area contributed by atoms with Crippen molar-refractivity contribution in [1.82, 2.24) is 15.4 Å².